The Kier molecular flexibility index (Phi) is 5.90. The Balaban J connectivity index is 2.03. The third kappa shape index (κ3) is 4.12. The van der Waals surface area contributed by atoms with E-state index in [0.29, 0.717) is 6.54 Å². The molecule has 0 aromatic carbocycles. The van der Waals surface area contributed by atoms with Crippen molar-refractivity contribution in [3.8, 4) is 0 Å². The van der Waals surface area contributed by atoms with E-state index >= 15 is 0 Å². The van der Waals surface area contributed by atoms with Gasteiger partial charge in [-0.3, -0.25) is 9.36 Å². The average molecular weight is 312 g/mol. The number of carbonyl (C=O) groups is 1. The molecule has 118 valence electrons. The Bertz CT molecular complexity index is 532. The highest BCUT2D eigenvalue weighted by atomic mass is 32.2. The van der Waals surface area contributed by atoms with Gasteiger partial charge in [0.2, 0.25) is 5.91 Å². The number of nitrogens with zero attached hydrogens (tertiary/aromatic N) is 3. The maximum absolute atomic E-state index is 12.2. The summed E-state index contributed by atoms with van der Waals surface area (Å²) in [5.41, 5.74) is -0.181. The van der Waals surface area contributed by atoms with Gasteiger partial charge >= 0.3 is 5.69 Å². The first-order valence-corrected chi connectivity index (χ1v) is 8.84. The maximum Gasteiger partial charge on any atom is 0.346 e. The Morgan fingerprint density at radius 2 is 2.29 bits per heavy atom. The van der Waals surface area contributed by atoms with Crippen LogP contribution in [0.5, 0.6) is 0 Å². The number of carbonyl (C=O) groups excluding carboxylic acids is 1. The molecule has 1 aliphatic heterocycles. The quantitative estimate of drug-likeness (QED) is 0.816. The van der Waals surface area contributed by atoms with E-state index in [1.54, 1.807) is 4.57 Å². The van der Waals surface area contributed by atoms with Crippen LogP contribution >= 0.6 is 11.8 Å². The lowest BCUT2D eigenvalue weighted by molar-refractivity contribution is -0.122. The largest absolute Gasteiger partial charge is 0.351 e. The molecule has 0 aliphatic carbocycles. The Morgan fingerprint density at radius 1 is 1.48 bits per heavy atom. The molecule has 0 spiro atoms. The topological polar surface area (TPSA) is 68.9 Å². The van der Waals surface area contributed by atoms with Crippen molar-refractivity contribution in [2.24, 2.45) is 0 Å². The lowest BCUT2D eigenvalue weighted by atomic mass is 10.2. The highest BCUT2D eigenvalue weighted by Crippen LogP contribution is 2.16. The zero-order valence-corrected chi connectivity index (χ0v) is 13.6. The first kappa shape index (κ1) is 16.1. The maximum atomic E-state index is 12.2. The number of unbranched alkanes of at least 4 members (excludes halogenated alkanes) is 1. The van der Waals surface area contributed by atoms with E-state index in [4.69, 9.17) is 0 Å². The number of nitrogens with one attached hydrogen (secondary N) is 1. The molecule has 1 saturated heterocycles. The van der Waals surface area contributed by atoms with Crippen LogP contribution in [-0.2, 0) is 24.3 Å². The van der Waals surface area contributed by atoms with Crippen LogP contribution in [0.15, 0.2) is 4.79 Å². The molecule has 1 aliphatic rings. The third-order valence-electron chi connectivity index (χ3n) is 3.66. The van der Waals surface area contributed by atoms with Gasteiger partial charge < -0.3 is 5.32 Å². The van der Waals surface area contributed by atoms with E-state index < -0.39 is 0 Å². The van der Waals surface area contributed by atoms with E-state index in [-0.39, 0.29) is 24.2 Å². The number of amides is 1. The van der Waals surface area contributed by atoms with Crippen LogP contribution in [-0.4, -0.2) is 37.8 Å². The summed E-state index contributed by atoms with van der Waals surface area (Å²) in [6.45, 7) is 4.65. The zero-order valence-electron chi connectivity index (χ0n) is 12.8. The summed E-state index contributed by atoms with van der Waals surface area (Å²) in [5.74, 6) is 2.73. The molecule has 0 bridgehead atoms. The molecule has 1 aromatic rings. The van der Waals surface area contributed by atoms with Crippen molar-refractivity contribution in [1.82, 2.24) is 19.7 Å². The molecule has 0 saturated carbocycles. The van der Waals surface area contributed by atoms with Crippen LogP contribution in [0.3, 0.4) is 0 Å². The summed E-state index contributed by atoms with van der Waals surface area (Å²) in [7, 11) is 0. The molecule has 1 aromatic heterocycles. The van der Waals surface area contributed by atoms with Gasteiger partial charge in [-0.05, 0) is 25.5 Å². The Hall–Kier alpha value is -1.24. The minimum Gasteiger partial charge on any atom is -0.351 e. The van der Waals surface area contributed by atoms with Gasteiger partial charge in [-0.2, -0.15) is 16.9 Å². The van der Waals surface area contributed by atoms with Gasteiger partial charge in [0.05, 0.1) is 0 Å². The predicted octanol–water partition coefficient (Wildman–Crippen LogP) is 1.03. The van der Waals surface area contributed by atoms with E-state index in [1.165, 1.54) is 4.68 Å². The van der Waals surface area contributed by atoms with E-state index in [0.717, 1.165) is 43.0 Å². The monoisotopic (exact) mass is 312 g/mol. The molecular formula is C14H24N4O2S. The number of hydrogen-bond donors (Lipinski definition) is 1. The highest BCUT2D eigenvalue weighted by Gasteiger charge is 2.19. The smallest absolute Gasteiger partial charge is 0.346 e. The number of aryl methyl sites for hydroxylation is 1. The van der Waals surface area contributed by atoms with Crippen molar-refractivity contribution >= 4 is 17.7 Å². The van der Waals surface area contributed by atoms with Crippen molar-refractivity contribution in [3.63, 3.8) is 0 Å². The zero-order chi connectivity index (χ0) is 15.2. The summed E-state index contributed by atoms with van der Waals surface area (Å²) < 4.78 is 2.96. The molecule has 2 heterocycles. The fraction of sp³-hybridized carbons (Fsp3) is 0.786. The van der Waals surface area contributed by atoms with Gasteiger partial charge in [-0.25, -0.2) is 9.48 Å². The summed E-state index contributed by atoms with van der Waals surface area (Å²) in [6.07, 6.45) is 3.86. The fourth-order valence-corrected chi connectivity index (χ4v) is 3.64. The van der Waals surface area contributed by atoms with Gasteiger partial charge in [0.1, 0.15) is 12.4 Å². The van der Waals surface area contributed by atoms with Gasteiger partial charge in [-0.15, -0.1) is 0 Å². The SMILES string of the molecule is CCCCc1nn(CC(=O)NC2CCSC2)c(=O)n1CC. The summed E-state index contributed by atoms with van der Waals surface area (Å²) >= 11 is 1.85. The van der Waals surface area contributed by atoms with Crippen molar-refractivity contribution in [1.29, 1.82) is 0 Å². The highest BCUT2D eigenvalue weighted by molar-refractivity contribution is 7.99. The number of rotatable bonds is 7. The minimum absolute atomic E-state index is 0.0200. The second-order valence-corrected chi connectivity index (χ2v) is 6.48. The van der Waals surface area contributed by atoms with Crippen molar-refractivity contribution in [3.05, 3.63) is 16.3 Å². The molecule has 21 heavy (non-hydrogen) atoms. The lowest BCUT2D eigenvalue weighted by Crippen LogP contribution is -2.39. The Morgan fingerprint density at radius 3 is 2.90 bits per heavy atom. The van der Waals surface area contributed by atoms with Crippen molar-refractivity contribution in [2.75, 3.05) is 11.5 Å². The summed E-state index contributed by atoms with van der Waals surface area (Å²) in [6, 6.07) is 0.242. The second kappa shape index (κ2) is 7.68. The minimum atomic E-state index is -0.181. The first-order chi connectivity index (χ1) is 10.2. The number of aromatic nitrogens is 3. The predicted molar refractivity (Wildman–Crippen MR) is 84.6 cm³/mol. The molecule has 1 amide bonds. The normalized spacial score (nSPS) is 18.1. The molecule has 1 N–H and O–H groups in total. The molecule has 2 rings (SSSR count). The van der Waals surface area contributed by atoms with Gasteiger partial charge in [0.15, 0.2) is 0 Å². The molecule has 1 unspecified atom stereocenters. The summed E-state index contributed by atoms with van der Waals surface area (Å²) in [5, 5.41) is 7.31. The van der Waals surface area contributed by atoms with Crippen molar-refractivity contribution < 1.29 is 4.79 Å². The van der Waals surface area contributed by atoms with Crippen LogP contribution < -0.4 is 11.0 Å². The summed E-state index contributed by atoms with van der Waals surface area (Å²) in [4.78, 5) is 24.3. The van der Waals surface area contributed by atoms with Crippen LogP contribution in [0, 0.1) is 0 Å². The average Bonchev–Trinajstić information content (AvgIpc) is 3.05. The van der Waals surface area contributed by atoms with Crippen molar-refractivity contribution in [2.45, 2.75) is 58.7 Å². The standard InChI is InChI=1S/C14H24N4O2S/c1-3-5-6-12-16-18(14(20)17(12)4-2)9-13(19)15-11-7-8-21-10-11/h11H,3-10H2,1-2H3,(H,15,19). The van der Waals surface area contributed by atoms with E-state index in [2.05, 4.69) is 17.3 Å². The van der Waals surface area contributed by atoms with Crippen LogP contribution in [0.1, 0.15) is 38.9 Å². The molecule has 1 atom stereocenters. The molecular weight excluding hydrogens is 288 g/mol. The first-order valence-electron chi connectivity index (χ1n) is 7.69. The molecule has 6 nitrogen and oxygen atoms in total. The second-order valence-electron chi connectivity index (χ2n) is 5.33. The van der Waals surface area contributed by atoms with Crippen LogP contribution in [0.2, 0.25) is 0 Å². The van der Waals surface area contributed by atoms with Crippen LogP contribution in [0.25, 0.3) is 0 Å². The molecule has 7 heteroatoms. The fourth-order valence-electron chi connectivity index (χ4n) is 2.48. The van der Waals surface area contributed by atoms with Crippen LogP contribution in [0.4, 0.5) is 0 Å². The third-order valence-corrected chi connectivity index (χ3v) is 4.82. The number of hydrogen-bond acceptors (Lipinski definition) is 4. The number of thioether (sulfide) groups is 1. The molecule has 1 fully saturated rings. The van der Waals surface area contributed by atoms with Gasteiger partial charge in [0.25, 0.3) is 0 Å². The van der Waals surface area contributed by atoms with E-state index in [9.17, 15) is 9.59 Å². The van der Waals surface area contributed by atoms with Gasteiger partial charge in [0, 0.05) is 24.8 Å². The van der Waals surface area contributed by atoms with Gasteiger partial charge in [-0.1, -0.05) is 13.3 Å². The van der Waals surface area contributed by atoms with E-state index in [1.807, 2.05) is 18.7 Å². The lowest BCUT2D eigenvalue weighted by Gasteiger charge is -2.10. The Labute approximate surface area is 129 Å². The molecule has 0 radical (unpaired) electrons.